The van der Waals surface area contributed by atoms with E-state index in [0.29, 0.717) is 26.3 Å². The van der Waals surface area contributed by atoms with Crippen molar-refractivity contribution in [3.63, 3.8) is 0 Å². The zero-order valence-electron chi connectivity index (χ0n) is 18.5. The minimum Gasteiger partial charge on any atom is -0.385 e. The molecule has 1 amide bonds. The Morgan fingerprint density at radius 1 is 1.19 bits per heavy atom. The summed E-state index contributed by atoms with van der Waals surface area (Å²) in [6.45, 7) is 4.62. The molecule has 0 bridgehead atoms. The number of carbonyl (C=O) groups excluding carboxylic acids is 2. The molecule has 6 nitrogen and oxygen atoms in total. The van der Waals surface area contributed by atoms with E-state index in [9.17, 15) is 9.59 Å². The molecule has 2 aromatic carbocycles. The number of fused-ring (bicyclic) bond motifs is 1. The lowest BCUT2D eigenvalue weighted by atomic mass is 9.90. The Morgan fingerprint density at radius 3 is 2.61 bits per heavy atom. The van der Waals surface area contributed by atoms with E-state index >= 15 is 0 Å². The van der Waals surface area contributed by atoms with Crippen LogP contribution in [0.2, 0.25) is 0 Å². The second kappa shape index (κ2) is 9.90. The lowest BCUT2D eigenvalue weighted by molar-refractivity contribution is -0.146. The maximum absolute atomic E-state index is 13.3. The summed E-state index contributed by atoms with van der Waals surface area (Å²) in [6, 6.07) is 10.5. The first kappa shape index (κ1) is 21.9. The highest BCUT2D eigenvalue weighted by Gasteiger charge is 2.37. The molecule has 166 valence electrons. The van der Waals surface area contributed by atoms with Gasteiger partial charge in [0, 0.05) is 45.0 Å². The van der Waals surface area contributed by atoms with Crippen molar-refractivity contribution in [3.05, 3.63) is 47.0 Å². The highest BCUT2D eigenvalue weighted by molar-refractivity contribution is 6.09. The van der Waals surface area contributed by atoms with Crippen LogP contribution in [-0.4, -0.2) is 62.1 Å². The van der Waals surface area contributed by atoms with Crippen LogP contribution in [0.4, 0.5) is 0 Å². The average Bonchev–Trinajstić information content (AvgIpc) is 3.62. The number of rotatable bonds is 9. The number of methoxy groups -OCH3 is 1. The predicted molar refractivity (Wildman–Crippen MR) is 120 cm³/mol. The van der Waals surface area contributed by atoms with Gasteiger partial charge in [-0.25, -0.2) is 0 Å². The number of hydrogen-bond acceptors (Lipinski definition) is 5. The van der Waals surface area contributed by atoms with Crippen LogP contribution in [0.1, 0.15) is 47.7 Å². The number of ketones is 1. The van der Waals surface area contributed by atoms with E-state index in [0.717, 1.165) is 54.1 Å². The lowest BCUT2D eigenvalue weighted by Gasteiger charge is -2.31. The fraction of sp³-hybridized carbons (Fsp3) is 0.520. The molecule has 1 saturated heterocycles. The smallest absolute Gasteiger partial charge is 0.253 e. The van der Waals surface area contributed by atoms with Crippen LogP contribution in [0.25, 0.3) is 10.8 Å². The maximum Gasteiger partial charge on any atom is 0.253 e. The quantitative estimate of drug-likeness (QED) is 0.495. The number of amides is 1. The van der Waals surface area contributed by atoms with E-state index in [4.69, 9.17) is 9.47 Å². The molecule has 1 atom stereocenters. The second-order valence-corrected chi connectivity index (χ2v) is 8.53. The number of carbonyl (C=O) groups is 2. The second-order valence-electron chi connectivity index (χ2n) is 8.53. The number of Topliss-reactive ketones (excluding diaryl/α,β-unsaturated/α-hetero) is 1. The first-order valence-electron chi connectivity index (χ1n) is 11.3. The van der Waals surface area contributed by atoms with Crippen LogP contribution in [0.5, 0.6) is 0 Å². The molecule has 1 saturated carbocycles. The predicted octanol–water partition coefficient (Wildman–Crippen LogP) is 3.10. The first-order chi connectivity index (χ1) is 15.1. The third kappa shape index (κ3) is 4.97. The van der Waals surface area contributed by atoms with Gasteiger partial charge in [-0.05, 0) is 54.5 Å². The first-order valence-corrected chi connectivity index (χ1v) is 11.3. The Bertz CT molecular complexity index is 948. The van der Waals surface area contributed by atoms with Gasteiger partial charge in [0.15, 0.2) is 5.78 Å². The van der Waals surface area contributed by atoms with Gasteiger partial charge in [-0.1, -0.05) is 30.3 Å². The number of morpholine rings is 1. The van der Waals surface area contributed by atoms with Gasteiger partial charge in [0.25, 0.3) is 5.91 Å². The van der Waals surface area contributed by atoms with Gasteiger partial charge in [0.05, 0.1) is 6.61 Å². The third-order valence-electron chi connectivity index (χ3n) is 6.17. The van der Waals surface area contributed by atoms with Crippen LogP contribution in [0.3, 0.4) is 0 Å². The molecule has 6 heteroatoms. The minimum absolute atomic E-state index is 0.0262. The fourth-order valence-corrected chi connectivity index (χ4v) is 4.53. The highest BCUT2D eigenvalue weighted by Crippen LogP contribution is 2.33. The summed E-state index contributed by atoms with van der Waals surface area (Å²) in [7, 11) is 1.71. The third-order valence-corrected chi connectivity index (χ3v) is 6.17. The minimum atomic E-state index is -0.447. The molecule has 2 aliphatic rings. The SMILES string of the molecule is COCCCc1cc(CN(C(=O)[C@H]2CNCCO2)C2CC2)c(C(C)=O)c2ccccc12. The Morgan fingerprint density at radius 2 is 1.97 bits per heavy atom. The molecule has 0 radical (unpaired) electrons. The van der Waals surface area contributed by atoms with Crippen molar-refractivity contribution in [2.45, 2.75) is 51.3 Å². The van der Waals surface area contributed by atoms with Crippen LogP contribution in [0.15, 0.2) is 30.3 Å². The summed E-state index contributed by atoms with van der Waals surface area (Å²) in [5.74, 6) is 0.0618. The van der Waals surface area contributed by atoms with E-state index in [2.05, 4.69) is 17.4 Å². The molecule has 31 heavy (non-hydrogen) atoms. The number of nitrogens with zero attached hydrogens (tertiary/aromatic N) is 1. The molecule has 1 N–H and O–H groups in total. The Balaban J connectivity index is 1.71. The van der Waals surface area contributed by atoms with Crippen molar-refractivity contribution in [1.29, 1.82) is 0 Å². The van der Waals surface area contributed by atoms with Gasteiger partial charge in [0.2, 0.25) is 0 Å². The van der Waals surface area contributed by atoms with E-state index in [1.807, 2.05) is 23.1 Å². The monoisotopic (exact) mass is 424 g/mol. The van der Waals surface area contributed by atoms with Crippen molar-refractivity contribution in [1.82, 2.24) is 10.2 Å². The molecule has 1 heterocycles. The topological polar surface area (TPSA) is 67.9 Å². The van der Waals surface area contributed by atoms with Crippen LogP contribution in [0, 0.1) is 0 Å². The van der Waals surface area contributed by atoms with Crippen molar-refractivity contribution < 1.29 is 19.1 Å². The molecule has 0 unspecified atom stereocenters. The molecule has 1 aliphatic heterocycles. The molecule has 0 spiro atoms. The molecular formula is C25H32N2O4. The van der Waals surface area contributed by atoms with Gasteiger partial charge in [-0.2, -0.15) is 0 Å². The van der Waals surface area contributed by atoms with Gasteiger partial charge in [-0.3, -0.25) is 9.59 Å². The summed E-state index contributed by atoms with van der Waals surface area (Å²) in [4.78, 5) is 28.0. The van der Waals surface area contributed by atoms with Gasteiger partial charge in [0.1, 0.15) is 6.10 Å². The summed E-state index contributed by atoms with van der Waals surface area (Å²) < 4.78 is 11.0. The highest BCUT2D eigenvalue weighted by atomic mass is 16.5. The fourth-order valence-electron chi connectivity index (χ4n) is 4.53. The van der Waals surface area contributed by atoms with Crippen molar-refractivity contribution in [3.8, 4) is 0 Å². The molecule has 2 fully saturated rings. The molecular weight excluding hydrogens is 392 g/mol. The Labute approximate surface area is 183 Å². The van der Waals surface area contributed by atoms with E-state index in [-0.39, 0.29) is 17.7 Å². The summed E-state index contributed by atoms with van der Waals surface area (Å²) >= 11 is 0. The normalized spacial score (nSPS) is 18.8. The van der Waals surface area contributed by atoms with E-state index < -0.39 is 6.10 Å². The zero-order chi connectivity index (χ0) is 21.8. The summed E-state index contributed by atoms with van der Waals surface area (Å²) in [5.41, 5.74) is 2.86. The molecule has 0 aromatic heterocycles. The van der Waals surface area contributed by atoms with Crippen molar-refractivity contribution >= 4 is 22.5 Å². The summed E-state index contributed by atoms with van der Waals surface area (Å²) in [5, 5.41) is 5.33. The maximum atomic E-state index is 13.3. The van der Waals surface area contributed by atoms with Crippen molar-refractivity contribution in [2.75, 3.05) is 33.4 Å². The van der Waals surface area contributed by atoms with Crippen LogP contribution in [-0.2, 0) is 27.2 Å². The van der Waals surface area contributed by atoms with E-state index in [1.54, 1.807) is 14.0 Å². The van der Waals surface area contributed by atoms with Crippen molar-refractivity contribution in [2.24, 2.45) is 0 Å². The Kier molecular flexibility index (Phi) is 7.00. The largest absolute Gasteiger partial charge is 0.385 e. The standard InChI is InChI=1S/C25H32N2O4/c1-17(28)24-19(14-18(6-5-12-30-2)21-7-3-4-8-22(21)24)16-27(20-9-10-20)25(29)23-15-26-11-13-31-23/h3-4,7-8,14,20,23,26H,5-6,9-13,15-16H2,1-2H3/t23-/m1/s1. The van der Waals surface area contributed by atoms with Crippen LogP contribution < -0.4 is 5.32 Å². The number of ether oxygens (including phenoxy) is 2. The number of hydrogen-bond donors (Lipinski definition) is 1. The molecule has 4 rings (SSSR count). The molecule has 2 aromatic rings. The number of benzene rings is 2. The number of nitrogens with one attached hydrogen (secondary N) is 1. The van der Waals surface area contributed by atoms with Crippen LogP contribution >= 0.6 is 0 Å². The number of aryl methyl sites for hydroxylation is 1. The average molecular weight is 425 g/mol. The van der Waals surface area contributed by atoms with E-state index in [1.165, 1.54) is 5.56 Å². The zero-order valence-corrected chi connectivity index (χ0v) is 18.5. The lowest BCUT2D eigenvalue weighted by Crippen LogP contribution is -2.49. The molecule has 1 aliphatic carbocycles. The van der Waals surface area contributed by atoms with Gasteiger partial charge < -0.3 is 19.7 Å². The summed E-state index contributed by atoms with van der Waals surface area (Å²) in [6.07, 6.45) is 3.35. The van der Waals surface area contributed by atoms with Gasteiger partial charge in [-0.15, -0.1) is 0 Å². The van der Waals surface area contributed by atoms with Gasteiger partial charge >= 0.3 is 0 Å². The Hall–Kier alpha value is -2.28.